The first-order valence-corrected chi connectivity index (χ1v) is 7.36. The van der Waals surface area contributed by atoms with Crippen LogP contribution in [-0.4, -0.2) is 18.8 Å². The van der Waals surface area contributed by atoms with Crippen LogP contribution in [0.4, 0.5) is 10.1 Å². The normalized spacial score (nSPS) is 14.4. The van der Waals surface area contributed by atoms with Crippen LogP contribution in [0.15, 0.2) is 42.5 Å². The van der Waals surface area contributed by atoms with Gasteiger partial charge in [0, 0.05) is 24.0 Å². The molecule has 0 saturated heterocycles. The van der Waals surface area contributed by atoms with Gasteiger partial charge >= 0.3 is 0 Å². The van der Waals surface area contributed by atoms with E-state index in [9.17, 15) is 14.0 Å². The molecule has 0 aromatic heterocycles. The lowest BCUT2D eigenvalue weighted by atomic mass is 10.1. The summed E-state index contributed by atoms with van der Waals surface area (Å²) in [7, 11) is 1.40. The minimum absolute atomic E-state index is 0.0617. The van der Waals surface area contributed by atoms with Crippen molar-refractivity contribution < 1.29 is 18.7 Å². The lowest BCUT2D eigenvalue weighted by Gasteiger charge is -2.23. The number of hydrogen-bond donors (Lipinski definition) is 0. The van der Waals surface area contributed by atoms with E-state index in [1.807, 2.05) is 0 Å². The van der Waals surface area contributed by atoms with E-state index < -0.39 is 5.82 Å². The van der Waals surface area contributed by atoms with Crippen LogP contribution in [-0.2, 0) is 11.3 Å². The summed E-state index contributed by atoms with van der Waals surface area (Å²) in [6.45, 7) is 0.0617. The molecular formula is C18H16FNO3. The topological polar surface area (TPSA) is 46.6 Å². The third kappa shape index (κ3) is 2.82. The number of amides is 1. The Morgan fingerprint density at radius 2 is 1.87 bits per heavy atom. The Balaban J connectivity index is 2.03. The van der Waals surface area contributed by atoms with Gasteiger partial charge in [-0.2, -0.15) is 0 Å². The van der Waals surface area contributed by atoms with Crippen LogP contribution in [0.2, 0.25) is 0 Å². The van der Waals surface area contributed by atoms with Gasteiger partial charge in [0.2, 0.25) is 5.91 Å². The van der Waals surface area contributed by atoms with Gasteiger partial charge in [0.15, 0.2) is 17.3 Å². The molecule has 1 heterocycles. The molecule has 1 amide bonds. The summed E-state index contributed by atoms with van der Waals surface area (Å²) >= 11 is 0. The Hall–Kier alpha value is -2.69. The largest absolute Gasteiger partial charge is 0.494 e. The van der Waals surface area contributed by atoms with E-state index in [2.05, 4.69) is 0 Å². The molecule has 5 heteroatoms. The zero-order valence-electron chi connectivity index (χ0n) is 12.7. The van der Waals surface area contributed by atoms with E-state index in [0.29, 0.717) is 16.8 Å². The number of rotatable bonds is 3. The first-order chi connectivity index (χ1) is 11.1. The summed E-state index contributed by atoms with van der Waals surface area (Å²) in [5.74, 6) is -0.613. The maximum absolute atomic E-state index is 14.4. The highest BCUT2D eigenvalue weighted by atomic mass is 19.1. The van der Waals surface area contributed by atoms with Crippen molar-refractivity contribution in [2.45, 2.75) is 19.4 Å². The average molecular weight is 313 g/mol. The van der Waals surface area contributed by atoms with Gasteiger partial charge in [0.25, 0.3) is 0 Å². The third-order valence-electron chi connectivity index (χ3n) is 3.95. The van der Waals surface area contributed by atoms with Crippen molar-refractivity contribution in [1.82, 2.24) is 0 Å². The molecule has 2 aromatic rings. The van der Waals surface area contributed by atoms with Gasteiger partial charge in [0.05, 0.1) is 19.3 Å². The van der Waals surface area contributed by atoms with Crippen LogP contribution in [0.25, 0.3) is 0 Å². The number of carbonyl (C=O) groups is 2. The van der Waals surface area contributed by atoms with Crippen molar-refractivity contribution in [3.8, 4) is 5.75 Å². The van der Waals surface area contributed by atoms with Crippen LogP contribution < -0.4 is 9.64 Å². The van der Waals surface area contributed by atoms with Gasteiger partial charge in [-0.15, -0.1) is 0 Å². The van der Waals surface area contributed by atoms with Crippen molar-refractivity contribution in [1.29, 1.82) is 0 Å². The highest BCUT2D eigenvalue weighted by molar-refractivity contribution is 6.09. The van der Waals surface area contributed by atoms with Crippen LogP contribution in [0.5, 0.6) is 5.75 Å². The highest BCUT2D eigenvalue weighted by Crippen LogP contribution is 2.30. The maximum Gasteiger partial charge on any atom is 0.227 e. The lowest BCUT2D eigenvalue weighted by Crippen LogP contribution is -2.30. The summed E-state index contributed by atoms with van der Waals surface area (Å²) in [5, 5.41) is 0. The average Bonchev–Trinajstić information content (AvgIpc) is 2.69. The van der Waals surface area contributed by atoms with E-state index in [0.717, 1.165) is 0 Å². The Bertz CT molecular complexity index is 773. The van der Waals surface area contributed by atoms with Gasteiger partial charge in [-0.1, -0.05) is 24.3 Å². The summed E-state index contributed by atoms with van der Waals surface area (Å²) in [4.78, 5) is 26.0. The molecule has 0 spiro atoms. The van der Waals surface area contributed by atoms with Crippen molar-refractivity contribution >= 4 is 17.4 Å². The van der Waals surface area contributed by atoms with Crippen molar-refractivity contribution in [2.75, 3.05) is 12.0 Å². The van der Waals surface area contributed by atoms with Crippen molar-refractivity contribution in [2.24, 2.45) is 0 Å². The minimum Gasteiger partial charge on any atom is -0.494 e. The first-order valence-electron chi connectivity index (χ1n) is 7.36. The van der Waals surface area contributed by atoms with E-state index in [-0.39, 0.29) is 36.8 Å². The summed E-state index contributed by atoms with van der Waals surface area (Å²) < 4.78 is 19.4. The number of fused-ring (bicyclic) bond motifs is 1. The van der Waals surface area contributed by atoms with E-state index in [1.54, 1.807) is 36.4 Å². The van der Waals surface area contributed by atoms with E-state index >= 15 is 0 Å². The minimum atomic E-state index is -0.490. The number of hydrogen-bond acceptors (Lipinski definition) is 3. The number of benzene rings is 2. The maximum atomic E-state index is 14.4. The molecule has 0 atom stereocenters. The number of carbonyl (C=O) groups excluding carboxylic acids is 2. The number of anilines is 1. The zero-order valence-corrected chi connectivity index (χ0v) is 12.7. The number of para-hydroxylation sites is 1. The Labute approximate surface area is 133 Å². The van der Waals surface area contributed by atoms with Gasteiger partial charge in [-0.25, -0.2) is 4.39 Å². The number of halogens is 1. The molecule has 2 aromatic carbocycles. The number of ether oxygens (including phenoxy) is 1. The molecule has 0 aliphatic carbocycles. The molecule has 0 saturated carbocycles. The van der Waals surface area contributed by atoms with Crippen LogP contribution in [0.3, 0.4) is 0 Å². The number of methoxy groups -OCH3 is 1. The molecule has 4 nitrogen and oxygen atoms in total. The fourth-order valence-electron chi connectivity index (χ4n) is 2.75. The van der Waals surface area contributed by atoms with Crippen LogP contribution >= 0.6 is 0 Å². The molecule has 1 aliphatic heterocycles. The van der Waals surface area contributed by atoms with Crippen LogP contribution in [0.1, 0.15) is 28.8 Å². The molecular weight excluding hydrogens is 297 g/mol. The fourth-order valence-corrected chi connectivity index (χ4v) is 2.75. The summed E-state index contributed by atoms with van der Waals surface area (Å²) in [5.41, 5.74) is 1.38. The Morgan fingerprint density at radius 3 is 2.65 bits per heavy atom. The second kappa shape index (κ2) is 6.20. The van der Waals surface area contributed by atoms with Crippen molar-refractivity contribution in [3.05, 3.63) is 59.4 Å². The molecule has 23 heavy (non-hydrogen) atoms. The number of ketones is 1. The van der Waals surface area contributed by atoms with E-state index in [1.165, 1.54) is 18.1 Å². The number of nitrogens with zero attached hydrogens (tertiary/aromatic N) is 1. The summed E-state index contributed by atoms with van der Waals surface area (Å²) in [6, 6.07) is 11.8. The molecule has 0 bridgehead atoms. The fraction of sp³-hybridized carbons (Fsp3) is 0.222. The Kier molecular flexibility index (Phi) is 4.10. The lowest BCUT2D eigenvalue weighted by molar-refractivity contribution is -0.118. The van der Waals surface area contributed by atoms with Crippen LogP contribution in [0, 0.1) is 5.82 Å². The number of Topliss-reactive ketones (excluding diaryl/α,β-unsaturated/α-hetero) is 1. The summed E-state index contributed by atoms with van der Waals surface area (Å²) in [6.07, 6.45) is 0.298. The van der Waals surface area contributed by atoms with E-state index in [4.69, 9.17) is 4.74 Å². The van der Waals surface area contributed by atoms with Crippen molar-refractivity contribution in [3.63, 3.8) is 0 Å². The zero-order chi connectivity index (χ0) is 16.4. The van der Waals surface area contributed by atoms with Gasteiger partial charge in [-0.05, 0) is 18.2 Å². The molecule has 1 aliphatic rings. The second-order valence-electron chi connectivity index (χ2n) is 5.35. The monoisotopic (exact) mass is 313 g/mol. The Morgan fingerprint density at radius 1 is 1.09 bits per heavy atom. The molecule has 3 rings (SSSR count). The second-order valence-corrected chi connectivity index (χ2v) is 5.35. The predicted octanol–water partition coefficient (Wildman–Crippen LogP) is 3.34. The van der Waals surface area contributed by atoms with Gasteiger partial charge in [0.1, 0.15) is 0 Å². The highest BCUT2D eigenvalue weighted by Gasteiger charge is 2.27. The molecule has 0 fully saturated rings. The third-order valence-corrected chi connectivity index (χ3v) is 3.95. The van der Waals surface area contributed by atoms with Gasteiger partial charge in [-0.3, -0.25) is 9.59 Å². The van der Waals surface area contributed by atoms with Gasteiger partial charge < -0.3 is 9.64 Å². The molecule has 0 N–H and O–H groups in total. The smallest absolute Gasteiger partial charge is 0.227 e. The standard InChI is InChI=1S/C18H16FNO3/c1-23-16-8-4-5-12(18(16)19)11-20-14-7-3-2-6-13(14)15(21)9-10-17(20)22/h2-8H,9-11H2,1H3. The quantitative estimate of drug-likeness (QED) is 0.873. The SMILES string of the molecule is COc1cccc(CN2C(=O)CCC(=O)c3ccccc32)c1F. The molecule has 118 valence electrons. The predicted molar refractivity (Wildman–Crippen MR) is 84.1 cm³/mol. The molecule has 0 radical (unpaired) electrons. The molecule has 0 unspecified atom stereocenters. The first kappa shape index (κ1) is 15.2.